The number of nitrogens with two attached hydrogens (primary N) is 1. The number of H-pyrrole nitrogens is 1. The number of rotatable bonds is 12. The summed E-state index contributed by atoms with van der Waals surface area (Å²) in [6, 6.07) is 30.4. The van der Waals surface area contributed by atoms with E-state index in [1.807, 2.05) is 6.07 Å². The van der Waals surface area contributed by atoms with Gasteiger partial charge in [-0.1, -0.05) is 60.5 Å². The van der Waals surface area contributed by atoms with E-state index in [1.165, 1.54) is 100 Å². The number of anilines is 1. The summed E-state index contributed by atoms with van der Waals surface area (Å²) in [6.07, 6.45) is 13.4. The molecule has 7 heterocycles. The second-order valence-corrected chi connectivity index (χ2v) is 24.6. The van der Waals surface area contributed by atoms with Crippen LogP contribution in [0.5, 0.6) is 5.75 Å². The van der Waals surface area contributed by atoms with Crippen molar-refractivity contribution in [1.29, 1.82) is 0 Å². The number of carbonyl (C=O) groups is 3. The number of aromatic amines is 1. The van der Waals surface area contributed by atoms with Crippen LogP contribution in [-0.4, -0.2) is 90.6 Å². The van der Waals surface area contributed by atoms with Gasteiger partial charge < -0.3 is 25.3 Å². The molecule has 95 heavy (non-hydrogen) atoms. The number of carbonyl (C=O) groups excluding carboxylic acids is 3. The minimum Gasteiger partial charge on any atom is -0.507 e. The molecule has 7 aromatic heterocycles. The number of nitrogens with zero attached hydrogens (tertiary/aromatic N) is 10. The Labute approximate surface area is 556 Å². The minimum absolute atomic E-state index is 0.0611. The number of halogens is 7. The normalized spacial score (nSPS) is 14.5. The topological polar surface area (TPSA) is 246 Å². The number of Topliss-reactive ketones (excluding diaryl/α,β-unsaturated/α-hetero) is 1. The molecular formula is C69H65Cl3F4N12O7. The summed E-state index contributed by atoms with van der Waals surface area (Å²) < 4.78 is 68.2. The van der Waals surface area contributed by atoms with Crippen LogP contribution < -0.4 is 11.3 Å². The third kappa shape index (κ3) is 15.1. The number of nitrogens with one attached hydrogen (secondary N) is 1. The lowest BCUT2D eigenvalue weighted by molar-refractivity contribution is -0.145. The number of ether oxygens (including phenoxy) is 2. The third-order valence-electron chi connectivity index (χ3n) is 17.0. The van der Waals surface area contributed by atoms with Crippen molar-refractivity contribution in [3.63, 3.8) is 0 Å². The minimum atomic E-state index is -0.569. The summed E-state index contributed by atoms with van der Waals surface area (Å²) in [4.78, 5) is 55.7. The fourth-order valence-corrected chi connectivity index (χ4v) is 12.1. The molecule has 19 nitrogen and oxygen atoms in total. The first-order chi connectivity index (χ1) is 45.7. The summed E-state index contributed by atoms with van der Waals surface area (Å²) in [6.45, 7) is 3.40. The summed E-state index contributed by atoms with van der Waals surface area (Å²) in [5.74, 6) is -0.248. The number of pyridine rings is 3. The standard InChI is InChI=1S/C18H15ClFN3O2.C16H12Cl2FN3.C16H14FN3O2.C13H14FN3.C6H10O3/c1-25-18(24)14-9-13(19)15-16(10-3-2-4-10)22-23(17(15)21-14)12-7-5-11(20)6-8-12;17-12-8-13(18)20-16-14(12)15(9-2-1-3-9)21-22(16)11-6-4-10(19)5-7-11;17-10-4-6-11(7-5-10)20-16-14(12(21)8-13(22)18-16)15(19-20)9-2-1-3-9;14-10-4-6-11(7-5-10)17-13(15)8-12(16-17)9-2-1-3-9;1-3-9-6(8)4-5(2)7/h5-10H,2-4H2,1H3;4-9H,1-3H2;4-9H,1-3H2,(H2,18,21,22);4-9H,1-3,15H2;3-4H2,1-2H3. The SMILES string of the molecule is CCOC(=O)CC(C)=O.COC(=O)c1cc(Cl)c2c(C3CCC3)nn(-c3ccc(F)cc3)c2n1.Fc1ccc(-n2nc(C3CCC3)c3c(Cl)cc(Cl)nc32)cc1.Nc1cc(C2CCC2)nn1-c1ccc(F)cc1.O=c1cc(O)c2c(C3CCC3)nn(-c3ccc(F)cc3)c2[nH]1. The highest BCUT2D eigenvalue weighted by Gasteiger charge is 2.32. The number of benzene rings is 4. The average molecular weight is 1360 g/mol. The van der Waals surface area contributed by atoms with Crippen molar-refractivity contribution in [2.45, 2.75) is 121 Å². The number of hydrogen-bond acceptors (Lipinski definition) is 14. The molecule has 11 aromatic rings. The Morgan fingerprint density at radius 3 is 1.40 bits per heavy atom. The van der Waals surface area contributed by atoms with Crippen molar-refractivity contribution in [3.8, 4) is 28.5 Å². The zero-order valence-corrected chi connectivity index (χ0v) is 54.1. The Morgan fingerprint density at radius 1 is 0.568 bits per heavy atom. The number of hydrogen-bond donors (Lipinski definition) is 3. The second-order valence-electron chi connectivity index (χ2n) is 23.4. The van der Waals surface area contributed by atoms with Gasteiger partial charge in [0, 0.05) is 35.8 Å². The van der Waals surface area contributed by atoms with Crippen LogP contribution in [0.2, 0.25) is 15.2 Å². The molecule has 4 aromatic carbocycles. The number of nitrogen functional groups attached to an aromatic ring is 1. The van der Waals surface area contributed by atoms with E-state index in [0.717, 1.165) is 96.3 Å². The zero-order valence-electron chi connectivity index (χ0n) is 51.8. The Kier molecular flexibility index (Phi) is 20.8. The van der Waals surface area contributed by atoms with Crippen LogP contribution in [0.1, 0.15) is 154 Å². The van der Waals surface area contributed by atoms with Crippen LogP contribution in [0, 0.1) is 23.3 Å². The van der Waals surface area contributed by atoms with Gasteiger partial charge in [-0.3, -0.25) is 14.4 Å². The number of aromatic nitrogens is 11. The molecule has 15 rings (SSSR count). The summed E-state index contributed by atoms with van der Waals surface area (Å²) in [5, 5.41) is 32.1. The Hall–Kier alpha value is -9.45. The first-order valence-corrected chi connectivity index (χ1v) is 32.2. The van der Waals surface area contributed by atoms with E-state index in [-0.39, 0.29) is 46.9 Å². The molecule has 0 atom stereocenters. The smallest absolute Gasteiger partial charge is 0.356 e. The number of aromatic hydroxyl groups is 1. The summed E-state index contributed by atoms with van der Waals surface area (Å²) in [5.41, 5.74) is 13.7. The molecule has 0 unspecified atom stereocenters. The highest BCUT2D eigenvalue weighted by Crippen LogP contribution is 2.45. The van der Waals surface area contributed by atoms with Gasteiger partial charge in [0.1, 0.15) is 57.8 Å². The quantitative estimate of drug-likeness (QED) is 0.0446. The van der Waals surface area contributed by atoms with Crippen molar-refractivity contribution in [1.82, 2.24) is 54.1 Å². The molecule has 492 valence electrons. The Bertz CT molecular complexity index is 4660. The van der Waals surface area contributed by atoms with Crippen molar-refractivity contribution in [2.24, 2.45) is 0 Å². The Balaban J connectivity index is 0.000000124. The van der Waals surface area contributed by atoms with Crippen LogP contribution >= 0.6 is 34.8 Å². The van der Waals surface area contributed by atoms with Gasteiger partial charge in [-0.25, -0.2) is 51.1 Å². The number of ketones is 1. The van der Waals surface area contributed by atoms with Crippen molar-refractivity contribution >= 4 is 91.4 Å². The van der Waals surface area contributed by atoms with E-state index in [1.54, 1.807) is 80.2 Å². The predicted octanol–water partition coefficient (Wildman–Crippen LogP) is 15.6. The number of methoxy groups -OCH3 is 1. The Morgan fingerprint density at radius 2 is 0.979 bits per heavy atom. The average Bonchev–Trinajstić information content (AvgIpc) is 1.63. The fourth-order valence-electron chi connectivity index (χ4n) is 11.2. The van der Waals surface area contributed by atoms with E-state index in [4.69, 9.17) is 55.5 Å². The first-order valence-electron chi connectivity index (χ1n) is 31.1. The van der Waals surface area contributed by atoms with Gasteiger partial charge in [0.25, 0.3) is 5.56 Å². The van der Waals surface area contributed by atoms with Gasteiger partial charge in [-0.2, -0.15) is 20.4 Å². The van der Waals surface area contributed by atoms with Gasteiger partial charge in [-0.05, 0) is 174 Å². The van der Waals surface area contributed by atoms with Crippen molar-refractivity contribution in [3.05, 3.63) is 199 Å². The third-order valence-corrected chi connectivity index (χ3v) is 17.8. The molecule has 0 saturated heterocycles. The predicted molar refractivity (Wildman–Crippen MR) is 354 cm³/mol. The van der Waals surface area contributed by atoms with E-state index in [2.05, 4.69) is 29.9 Å². The molecule has 4 aliphatic carbocycles. The van der Waals surface area contributed by atoms with Crippen LogP contribution in [0.25, 0.3) is 55.8 Å². The van der Waals surface area contributed by atoms with Crippen LogP contribution in [-0.2, 0) is 19.1 Å². The van der Waals surface area contributed by atoms with Gasteiger partial charge in [0.15, 0.2) is 17.0 Å². The molecular weight excluding hydrogens is 1290 g/mol. The monoisotopic (exact) mass is 1350 g/mol. The highest BCUT2D eigenvalue weighted by atomic mass is 35.5. The van der Waals surface area contributed by atoms with Gasteiger partial charge >= 0.3 is 11.9 Å². The number of fused-ring (bicyclic) bond motifs is 3. The molecule has 4 fully saturated rings. The molecule has 0 amide bonds. The first kappa shape index (κ1) is 67.0. The van der Waals surface area contributed by atoms with Crippen LogP contribution in [0.15, 0.2) is 126 Å². The van der Waals surface area contributed by atoms with E-state index in [9.17, 15) is 41.8 Å². The van der Waals surface area contributed by atoms with E-state index >= 15 is 0 Å². The molecule has 0 spiro atoms. The maximum atomic E-state index is 13.3. The van der Waals surface area contributed by atoms with E-state index in [0.29, 0.717) is 85.0 Å². The number of esters is 2. The zero-order chi connectivity index (χ0) is 67.2. The van der Waals surface area contributed by atoms with Crippen molar-refractivity contribution < 1.29 is 46.5 Å². The van der Waals surface area contributed by atoms with Gasteiger partial charge in [0.2, 0.25) is 0 Å². The maximum Gasteiger partial charge on any atom is 0.356 e. The second kappa shape index (κ2) is 29.5. The molecule has 0 aliphatic heterocycles. The molecule has 0 radical (unpaired) electrons. The van der Waals surface area contributed by atoms with Gasteiger partial charge in [-0.15, -0.1) is 0 Å². The molecule has 0 bridgehead atoms. The lowest BCUT2D eigenvalue weighted by atomic mass is 9.82. The molecule has 4 saturated carbocycles. The maximum absolute atomic E-state index is 13.3. The summed E-state index contributed by atoms with van der Waals surface area (Å²) in [7, 11) is 1.29. The largest absolute Gasteiger partial charge is 0.507 e. The lowest BCUT2D eigenvalue weighted by Gasteiger charge is -2.23. The molecule has 4 aliphatic rings. The molecule has 26 heteroatoms. The lowest BCUT2D eigenvalue weighted by Crippen LogP contribution is -2.10. The van der Waals surface area contributed by atoms with Crippen molar-refractivity contribution in [2.75, 3.05) is 19.5 Å². The summed E-state index contributed by atoms with van der Waals surface area (Å²) >= 11 is 18.9. The van der Waals surface area contributed by atoms with Crippen LogP contribution in [0.4, 0.5) is 23.4 Å². The van der Waals surface area contributed by atoms with E-state index < -0.39 is 17.5 Å². The van der Waals surface area contributed by atoms with Crippen LogP contribution in [0.3, 0.4) is 0 Å². The fraction of sp³-hybridized carbons (Fsp3) is 0.304. The van der Waals surface area contributed by atoms with Gasteiger partial charge in [0.05, 0.1) is 85.4 Å². The highest BCUT2D eigenvalue weighted by molar-refractivity contribution is 6.38. The molecule has 4 N–H and O–H groups in total.